The smallest absolute Gasteiger partial charge is 0.313 e. The fourth-order valence-corrected chi connectivity index (χ4v) is 3.30. The predicted octanol–water partition coefficient (Wildman–Crippen LogP) is 1.80. The molecular formula is C17H19FN2O4. The van der Waals surface area contributed by atoms with Crippen molar-refractivity contribution < 1.29 is 23.8 Å². The summed E-state index contributed by atoms with van der Waals surface area (Å²) in [4.78, 5) is 28.6. The molecule has 1 saturated heterocycles. The van der Waals surface area contributed by atoms with Gasteiger partial charge in [-0.2, -0.15) is 0 Å². The maximum atomic E-state index is 13.2. The van der Waals surface area contributed by atoms with Crippen molar-refractivity contribution in [1.29, 1.82) is 0 Å². The topological polar surface area (TPSA) is 82.6 Å². The van der Waals surface area contributed by atoms with Crippen molar-refractivity contribution >= 4 is 22.8 Å². The lowest BCUT2D eigenvalue weighted by Crippen LogP contribution is -2.40. The zero-order chi connectivity index (χ0) is 17.3. The van der Waals surface area contributed by atoms with E-state index >= 15 is 0 Å². The van der Waals surface area contributed by atoms with Gasteiger partial charge in [0.25, 0.3) is 0 Å². The van der Waals surface area contributed by atoms with Crippen LogP contribution in [0, 0.1) is 11.2 Å². The molecule has 3 rings (SSSR count). The monoisotopic (exact) mass is 334 g/mol. The van der Waals surface area contributed by atoms with Crippen LogP contribution < -0.4 is 0 Å². The third-order valence-corrected chi connectivity index (χ3v) is 4.65. The highest BCUT2D eigenvalue weighted by atomic mass is 19.1. The van der Waals surface area contributed by atoms with E-state index in [0.717, 1.165) is 10.9 Å². The fourth-order valence-electron chi connectivity index (χ4n) is 3.30. The van der Waals surface area contributed by atoms with E-state index in [4.69, 9.17) is 4.74 Å². The number of H-pyrrole nitrogens is 1. The predicted molar refractivity (Wildman–Crippen MR) is 85.1 cm³/mol. The highest BCUT2D eigenvalue weighted by Crippen LogP contribution is 2.32. The van der Waals surface area contributed by atoms with Crippen molar-refractivity contribution in [3.8, 4) is 0 Å². The summed E-state index contributed by atoms with van der Waals surface area (Å²) < 4.78 is 18.3. The lowest BCUT2D eigenvalue weighted by molar-refractivity contribution is -0.151. The molecule has 0 bridgehead atoms. The molecule has 7 heteroatoms. The molecule has 1 aliphatic rings. The third kappa shape index (κ3) is 2.87. The number of carbonyl (C=O) groups excluding carboxylic acids is 1. The van der Waals surface area contributed by atoms with Gasteiger partial charge in [0.05, 0.1) is 13.0 Å². The molecule has 1 aromatic heterocycles. The van der Waals surface area contributed by atoms with E-state index in [0.29, 0.717) is 18.5 Å². The number of likely N-dealkylation sites (tertiary alicyclic amines) is 1. The van der Waals surface area contributed by atoms with Crippen molar-refractivity contribution in [2.24, 2.45) is 5.41 Å². The Kier molecular flexibility index (Phi) is 4.28. The Morgan fingerprint density at radius 3 is 2.96 bits per heavy atom. The molecule has 2 N–H and O–H groups in total. The molecule has 1 fully saturated rings. The van der Waals surface area contributed by atoms with Crippen molar-refractivity contribution in [1.82, 2.24) is 9.88 Å². The van der Waals surface area contributed by atoms with Gasteiger partial charge in [0.1, 0.15) is 11.2 Å². The molecule has 0 aliphatic carbocycles. The molecule has 1 aromatic carbocycles. The van der Waals surface area contributed by atoms with Gasteiger partial charge in [0.2, 0.25) is 5.91 Å². The van der Waals surface area contributed by atoms with Gasteiger partial charge in [-0.25, -0.2) is 4.39 Å². The number of benzene rings is 1. The van der Waals surface area contributed by atoms with E-state index in [-0.39, 0.29) is 31.3 Å². The number of aromatic nitrogens is 1. The van der Waals surface area contributed by atoms with Crippen LogP contribution in [-0.2, 0) is 20.7 Å². The Morgan fingerprint density at radius 1 is 1.46 bits per heavy atom. The first-order valence-corrected chi connectivity index (χ1v) is 7.71. The molecule has 0 saturated carbocycles. The van der Waals surface area contributed by atoms with E-state index < -0.39 is 11.4 Å². The van der Waals surface area contributed by atoms with Crippen LogP contribution in [0.3, 0.4) is 0 Å². The van der Waals surface area contributed by atoms with Gasteiger partial charge in [-0.05, 0) is 30.2 Å². The number of aromatic amines is 1. The minimum absolute atomic E-state index is 0.0818. The van der Waals surface area contributed by atoms with E-state index in [9.17, 15) is 19.1 Å². The summed E-state index contributed by atoms with van der Waals surface area (Å²) in [6, 6.07) is 4.38. The molecule has 0 radical (unpaired) electrons. The first-order chi connectivity index (χ1) is 11.4. The van der Waals surface area contributed by atoms with Crippen LogP contribution in [0.15, 0.2) is 24.4 Å². The minimum Gasteiger partial charge on any atom is -0.481 e. The van der Waals surface area contributed by atoms with Gasteiger partial charge in [-0.15, -0.1) is 0 Å². The average molecular weight is 334 g/mol. The van der Waals surface area contributed by atoms with E-state index in [1.165, 1.54) is 19.2 Å². The van der Waals surface area contributed by atoms with Gasteiger partial charge in [-0.1, -0.05) is 0 Å². The van der Waals surface area contributed by atoms with Gasteiger partial charge in [-0.3, -0.25) is 9.59 Å². The number of halogens is 1. The quantitative estimate of drug-likeness (QED) is 0.873. The van der Waals surface area contributed by atoms with Crippen LogP contribution >= 0.6 is 0 Å². The van der Waals surface area contributed by atoms with E-state index in [2.05, 4.69) is 4.98 Å². The summed E-state index contributed by atoms with van der Waals surface area (Å²) in [5.41, 5.74) is 0.376. The summed E-state index contributed by atoms with van der Waals surface area (Å²) in [6.45, 7) is 0.621. The van der Waals surface area contributed by atoms with Crippen LogP contribution in [-0.4, -0.2) is 53.7 Å². The number of hydrogen-bond donors (Lipinski definition) is 2. The molecule has 1 atom stereocenters. The number of carboxylic acid groups (broad SMARTS) is 1. The molecular weight excluding hydrogens is 315 g/mol. The Labute approximate surface area is 138 Å². The minimum atomic E-state index is -1.03. The number of aliphatic carboxylic acids is 1. The summed E-state index contributed by atoms with van der Waals surface area (Å²) in [6.07, 6.45) is 2.22. The van der Waals surface area contributed by atoms with Crippen molar-refractivity contribution in [2.75, 3.05) is 26.8 Å². The number of fused-ring (bicyclic) bond motifs is 1. The SMILES string of the molecule is COCC1(C(=O)O)CCN(C(=O)Cc2c[nH]c3cc(F)ccc23)C1. The van der Waals surface area contributed by atoms with Gasteiger partial charge in [0.15, 0.2) is 0 Å². The number of amides is 1. The lowest BCUT2D eigenvalue weighted by atomic mass is 9.88. The molecule has 1 aliphatic heterocycles. The molecule has 0 spiro atoms. The molecule has 2 heterocycles. The highest BCUT2D eigenvalue weighted by molar-refractivity contribution is 5.89. The first kappa shape index (κ1) is 16.4. The van der Waals surface area contributed by atoms with Crippen molar-refractivity contribution in [3.63, 3.8) is 0 Å². The Hall–Kier alpha value is -2.41. The maximum Gasteiger partial charge on any atom is 0.313 e. The molecule has 1 unspecified atom stereocenters. The number of ether oxygens (including phenoxy) is 1. The van der Waals surface area contributed by atoms with Crippen LogP contribution in [0.2, 0.25) is 0 Å². The zero-order valence-electron chi connectivity index (χ0n) is 13.3. The zero-order valence-corrected chi connectivity index (χ0v) is 13.3. The number of carbonyl (C=O) groups is 2. The summed E-state index contributed by atoms with van der Waals surface area (Å²) in [7, 11) is 1.46. The van der Waals surface area contributed by atoms with Gasteiger partial charge >= 0.3 is 5.97 Å². The number of nitrogens with zero attached hydrogens (tertiary/aromatic N) is 1. The number of nitrogens with one attached hydrogen (secondary N) is 1. The number of methoxy groups -OCH3 is 1. The fraction of sp³-hybridized carbons (Fsp3) is 0.412. The number of rotatable bonds is 5. The van der Waals surface area contributed by atoms with E-state index in [1.807, 2.05) is 0 Å². The average Bonchev–Trinajstić information content (AvgIpc) is 3.13. The lowest BCUT2D eigenvalue weighted by Gasteiger charge is -2.23. The van der Waals surface area contributed by atoms with Crippen LogP contribution in [0.1, 0.15) is 12.0 Å². The Morgan fingerprint density at radius 2 is 2.25 bits per heavy atom. The molecule has 6 nitrogen and oxygen atoms in total. The third-order valence-electron chi connectivity index (χ3n) is 4.65. The Balaban J connectivity index is 1.74. The molecule has 1 amide bonds. The van der Waals surface area contributed by atoms with E-state index in [1.54, 1.807) is 17.2 Å². The highest BCUT2D eigenvalue weighted by Gasteiger charge is 2.46. The largest absolute Gasteiger partial charge is 0.481 e. The number of hydrogen-bond acceptors (Lipinski definition) is 3. The van der Waals surface area contributed by atoms with Crippen LogP contribution in [0.5, 0.6) is 0 Å². The maximum absolute atomic E-state index is 13.2. The molecule has 24 heavy (non-hydrogen) atoms. The first-order valence-electron chi connectivity index (χ1n) is 7.71. The van der Waals surface area contributed by atoms with Crippen molar-refractivity contribution in [3.05, 3.63) is 35.8 Å². The van der Waals surface area contributed by atoms with Crippen molar-refractivity contribution in [2.45, 2.75) is 12.8 Å². The summed E-state index contributed by atoms with van der Waals surface area (Å²) >= 11 is 0. The number of carboxylic acids is 1. The normalized spacial score (nSPS) is 20.7. The second-order valence-electron chi connectivity index (χ2n) is 6.26. The van der Waals surface area contributed by atoms with Crippen LogP contribution in [0.4, 0.5) is 4.39 Å². The molecule has 128 valence electrons. The standard InChI is InChI=1S/C17H19FN2O4/c1-24-10-17(16(22)23)4-5-20(9-17)15(21)6-11-8-19-14-7-12(18)2-3-13(11)14/h2-3,7-8,19H,4-6,9-10H2,1H3,(H,22,23). The summed E-state index contributed by atoms with van der Waals surface area (Å²) in [5, 5.41) is 10.3. The Bertz CT molecular complexity index is 788. The molecule has 2 aromatic rings. The van der Waals surface area contributed by atoms with Gasteiger partial charge < -0.3 is 19.7 Å². The van der Waals surface area contributed by atoms with Crippen LogP contribution in [0.25, 0.3) is 10.9 Å². The second kappa shape index (κ2) is 6.24. The second-order valence-corrected chi connectivity index (χ2v) is 6.26. The summed E-state index contributed by atoms with van der Waals surface area (Å²) in [5.74, 6) is -1.42. The van der Waals surface area contributed by atoms with Gasteiger partial charge in [0, 0.05) is 37.3 Å².